The molecule has 1 aromatic heterocycles. The third-order valence-electron chi connectivity index (χ3n) is 5.22. The smallest absolute Gasteiger partial charge is 0.261 e. The number of hydrogen-bond donors (Lipinski definition) is 1. The maximum Gasteiger partial charge on any atom is 0.261 e. The van der Waals surface area contributed by atoms with Crippen molar-refractivity contribution in [2.45, 2.75) is 12.6 Å². The highest BCUT2D eigenvalue weighted by Gasteiger charge is 2.29. The Labute approximate surface area is 179 Å². The van der Waals surface area contributed by atoms with Gasteiger partial charge in [0, 0.05) is 43.6 Å². The first-order valence-electron chi connectivity index (χ1n) is 10.0. The fourth-order valence-electron chi connectivity index (χ4n) is 3.77. The molecule has 1 amide bonds. The number of morpholine rings is 1. The van der Waals surface area contributed by atoms with Crippen molar-refractivity contribution in [1.29, 1.82) is 0 Å². The number of rotatable bonds is 7. The summed E-state index contributed by atoms with van der Waals surface area (Å²) < 4.78 is 25.5. The van der Waals surface area contributed by atoms with Crippen LogP contribution >= 0.6 is 11.3 Å². The fourth-order valence-corrected chi connectivity index (χ4v) is 4.94. The Morgan fingerprint density at radius 1 is 1.27 bits per heavy atom. The number of nitrogens with zero attached hydrogens (tertiary/aromatic N) is 1. The Balaban J connectivity index is 1.58. The molecule has 1 aliphatic rings. The second-order valence-corrected chi connectivity index (χ2v) is 8.36. The van der Waals surface area contributed by atoms with Gasteiger partial charge in [-0.2, -0.15) is 0 Å². The van der Waals surface area contributed by atoms with Crippen molar-refractivity contribution in [2.24, 2.45) is 0 Å². The number of methoxy groups -OCH3 is 1. The molecule has 0 radical (unpaired) electrons. The highest BCUT2D eigenvalue weighted by atomic mass is 32.1. The van der Waals surface area contributed by atoms with E-state index in [-0.39, 0.29) is 17.8 Å². The second-order valence-electron chi connectivity index (χ2n) is 7.31. The van der Waals surface area contributed by atoms with E-state index in [2.05, 4.69) is 16.3 Å². The molecule has 1 N–H and O–H groups in total. The largest absolute Gasteiger partial charge is 0.383 e. The lowest BCUT2D eigenvalue weighted by atomic mass is 10.0. The van der Waals surface area contributed by atoms with Crippen molar-refractivity contribution in [2.75, 3.05) is 40.0 Å². The van der Waals surface area contributed by atoms with Crippen LogP contribution in [-0.4, -0.2) is 50.8 Å². The number of fused-ring (bicyclic) bond motifs is 1. The van der Waals surface area contributed by atoms with Crippen LogP contribution in [0.5, 0.6) is 0 Å². The van der Waals surface area contributed by atoms with E-state index in [0.717, 1.165) is 34.3 Å². The number of carbonyl (C=O) groups is 1. The summed E-state index contributed by atoms with van der Waals surface area (Å²) in [5, 5.41) is 4.00. The van der Waals surface area contributed by atoms with E-state index in [1.165, 1.54) is 23.5 Å². The first kappa shape index (κ1) is 20.9. The van der Waals surface area contributed by atoms with Crippen LogP contribution in [0.25, 0.3) is 10.1 Å². The highest BCUT2D eigenvalue weighted by molar-refractivity contribution is 7.21. The number of halogens is 1. The zero-order valence-electron chi connectivity index (χ0n) is 16.9. The molecule has 3 aromatic rings. The molecule has 0 saturated carbocycles. The molecule has 1 aliphatic heterocycles. The standard InChI is InChI=1S/C23H25FN2O3S/c1-28-12-10-25-23(27)22-21(18-4-2-3-5-20(18)30-22)19-15-26(11-13-29-19)14-16-6-8-17(24)9-7-16/h2-9,19H,10-15H2,1H3,(H,25,27)/t19-/m0/s1. The van der Waals surface area contributed by atoms with Gasteiger partial charge < -0.3 is 14.8 Å². The predicted octanol–water partition coefficient (Wildman–Crippen LogP) is 3.99. The van der Waals surface area contributed by atoms with E-state index < -0.39 is 0 Å². The van der Waals surface area contributed by atoms with Crippen LogP contribution in [0.3, 0.4) is 0 Å². The number of nitrogens with one attached hydrogen (secondary N) is 1. The van der Waals surface area contributed by atoms with Gasteiger partial charge in [0.2, 0.25) is 0 Å². The van der Waals surface area contributed by atoms with Crippen LogP contribution < -0.4 is 5.32 Å². The summed E-state index contributed by atoms with van der Waals surface area (Å²) in [5.41, 5.74) is 2.01. The summed E-state index contributed by atoms with van der Waals surface area (Å²) in [5.74, 6) is -0.324. The topological polar surface area (TPSA) is 50.8 Å². The Kier molecular flexibility index (Phi) is 6.74. The van der Waals surface area contributed by atoms with Crippen molar-refractivity contribution >= 4 is 27.3 Å². The molecular formula is C23H25FN2O3S. The summed E-state index contributed by atoms with van der Waals surface area (Å²) in [4.78, 5) is 15.9. The lowest BCUT2D eigenvalue weighted by Gasteiger charge is -2.33. The van der Waals surface area contributed by atoms with Gasteiger partial charge in [-0.1, -0.05) is 30.3 Å². The number of ether oxygens (including phenoxy) is 2. The Bertz CT molecular complexity index is 1010. The average molecular weight is 429 g/mol. The molecule has 4 rings (SSSR count). The van der Waals surface area contributed by atoms with E-state index in [0.29, 0.717) is 31.2 Å². The first-order valence-corrected chi connectivity index (χ1v) is 10.8. The van der Waals surface area contributed by atoms with Crippen molar-refractivity contribution in [1.82, 2.24) is 10.2 Å². The van der Waals surface area contributed by atoms with Gasteiger partial charge in [0.25, 0.3) is 5.91 Å². The van der Waals surface area contributed by atoms with E-state index in [1.54, 1.807) is 7.11 Å². The normalized spacial score (nSPS) is 17.3. The molecular weight excluding hydrogens is 403 g/mol. The molecule has 30 heavy (non-hydrogen) atoms. The number of amides is 1. The van der Waals surface area contributed by atoms with Gasteiger partial charge in [-0.05, 0) is 29.1 Å². The minimum absolute atomic E-state index is 0.0949. The van der Waals surface area contributed by atoms with E-state index in [9.17, 15) is 9.18 Å². The Morgan fingerprint density at radius 3 is 2.87 bits per heavy atom. The lowest BCUT2D eigenvalue weighted by molar-refractivity contribution is -0.0323. The van der Waals surface area contributed by atoms with Crippen molar-refractivity contribution < 1.29 is 18.7 Å². The number of hydrogen-bond acceptors (Lipinski definition) is 5. The third kappa shape index (κ3) is 4.70. The van der Waals surface area contributed by atoms with Gasteiger partial charge in [0.15, 0.2) is 0 Å². The van der Waals surface area contributed by atoms with Crippen LogP contribution in [-0.2, 0) is 16.0 Å². The maximum atomic E-state index is 13.2. The molecule has 158 valence electrons. The molecule has 1 saturated heterocycles. The molecule has 0 unspecified atom stereocenters. The molecule has 0 aliphatic carbocycles. The lowest BCUT2D eigenvalue weighted by Crippen LogP contribution is -2.38. The molecule has 0 bridgehead atoms. The summed E-state index contributed by atoms with van der Waals surface area (Å²) in [6.45, 7) is 3.71. The Hall–Kier alpha value is -2.32. The van der Waals surface area contributed by atoms with Crippen LogP contribution in [0.15, 0.2) is 48.5 Å². The Morgan fingerprint density at radius 2 is 2.07 bits per heavy atom. The van der Waals surface area contributed by atoms with Gasteiger partial charge in [0.1, 0.15) is 5.82 Å². The van der Waals surface area contributed by atoms with E-state index >= 15 is 0 Å². The molecule has 0 spiro atoms. The molecule has 2 aromatic carbocycles. The molecule has 1 atom stereocenters. The molecule has 1 fully saturated rings. The van der Waals surface area contributed by atoms with Crippen LogP contribution in [0, 0.1) is 5.82 Å². The molecule has 7 heteroatoms. The van der Waals surface area contributed by atoms with Crippen molar-refractivity contribution in [3.63, 3.8) is 0 Å². The summed E-state index contributed by atoms with van der Waals surface area (Å²) in [6.07, 6.45) is -0.196. The minimum Gasteiger partial charge on any atom is -0.383 e. The predicted molar refractivity (Wildman–Crippen MR) is 116 cm³/mol. The fraction of sp³-hybridized carbons (Fsp3) is 0.348. The second kappa shape index (κ2) is 9.66. The van der Waals surface area contributed by atoms with E-state index in [1.807, 2.05) is 30.3 Å². The average Bonchev–Trinajstić information content (AvgIpc) is 3.15. The third-order valence-corrected chi connectivity index (χ3v) is 6.41. The van der Waals surface area contributed by atoms with Gasteiger partial charge in [-0.25, -0.2) is 4.39 Å². The quantitative estimate of drug-likeness (QED) is 0.578. The molecule has 2 heterocycles. The highest BCUT2D eigenvalue weighted by Crippen LogP contribution is 2.38. The summed E-state index contributed by atoms with van der Waals surface area (Å²) >= 11 is 1.50. The first-order chi connectivity index (χ1) is 14.7. The number of benzene rings is 2. The van der Waals surface area contributed by atoms with Crippen molar-refractivity contribution in [3.05, 3.63) is 70.4 Å². The maximum absolute atomic E-state index is 13.2. The van der Waals surface area contributed by atoms with Gasteiger partial charge >= 0.3 is 0 Å². The number of thiophene rings is 1. The summed E-state index contributed by atoms with van der Waals surface area (Å²) in [6, 6.07) is 14.7. The van der Waals surface area contributed by atoms with Gasteiger partial charge in [-0.3, -0.25) is 9.69 Å². The van der Waals surface area contributed by atoms with Crippen LogP contribution in [0.2, 0.25) is 0 Å². The number of carbonyl (C=O) groups excluding carboxylic acids is 1. The monoisotopic (exact) mass is 428 g/mol. The van der Waals surface area contributed by atoms with Crippen LogP contribution in [0.1, 0.15) is 26.9 Å². The van der Waals surface area contributed by atoms with Crippen molar-refractivity contribution in [3.8, 4) is 0 Å². The van der Waals surface area contributed by atoms with Gasteiger partial charge in [0.05, 0.1) is 24.2 Å². The minimum atomic E-state index is -0.229. The molecule has 5 nitrogen and oxygen atoms in total. The summed E-state index contributed by atoms with van der Waals surface area (Å²) in [7, 11) is 1.61. The van der Waals surface area contributed by atoms with E-state index in [4.69, 9.17) is 9.47 Å². The van der Waals surface area contributed by atoms with Crippen LogP contribution in [0.4, 0.5) is 4.39 Å². The zero-order valence-corrected chi connectivity index (χ0v) is 17.7. The SMILES string of the molecule is COCCNC(=O)c1sc2ccccc2c1[C@@H]1CN(Cc2ccc(F)cc2)CCO1. The van der Waals surface area contributed by atoms with Gasteiger partial charge in [-0.15, -0.1) is 11.3 Å². The zero-order chi connectivity index (χ0) is 20.9.